The van der Waals surface area contributed by atoms with Crippen LogP contribution in [0, 0.1) is 13.8 Å². The molecule has 1 aromatic heterocycles. The number of hydrogen-bond donors (Lipinski definition) is 0. The predicted molar refractivity (Wildman–Crippen MR) is 354 cm³/mol. The van der Waals surface area contributed by atoms with Gasteiger partial charge in [0.2, 0.25) is 0 Å². The molecule has 2 aliphatic heterocycles. The van der Waals surface area contributed by atoms with Gasteiger partial charge < -0.3 is 14.7 Å². The highest BCUT2D eigenvalue weighted by atomic mass is 32.1. The summed E-state index contributed by atoms with van der Waals surface area (Å²) < 4.78 is 1.39. The molecular weight excluding hydrogens is 1010 g/mol. The Morgan fingerprint density at radius 1 is 0.500 bits per heavy atom. The summed E-state index contributed by atoms with van der Waals surface area (Å²) in [5, 5.41) is 2.74. The lowest BCUT2D eigenvalue weighted by Crippen LogP contribution is -2.61. The summed E-state index contributed by atoms with van der Waals surface area (Å²) in [4.78, 5) is 7.78. The van der Waals surface area contributed by atoms with Gasteiger partial charge in [-0.1, -0.05) is 158 Å². The zero-order valence-corrected chi connectivity index (χ0v) is 50.4. The lowest BCUT2D eigenvalue weighted by Gasteiger charge is -2.48. The molecular formula is C77H72BN3S. The van der Waals surface area contributed by atoms with E-state index in [1.165, 1.54) is 146 Å². The highest BCUT2D eigenvalue weighted by Gasteiger charge is 2.49. The first-order chi connectivity index (χ1) is 39.3. The summed E-state index contributed by atoms with van der Waals surface area (Å²) in [7, 11) is 0. The quantitative estimate of drug-likeness (QED) is 0.147. The molecule has 0 saturated heterocycles. The minimum absolute atomic E-state index is 0.0268. The van der Waals surface area contributed by atoms with Crippen molar-refractivity contribution in [3.8, 4) is 22.3 Å². The standard InChI is InChI=1S/C77H72BN3S/c1-47-37-52(50-21-15-12-16-22-50)38-48(2)72(47)81-66-34-29-55(74(4,5)6)41-65(66)78-70-61-43-60-49(3)54-45-77(11,46-54)63(60)44-69(61)82-73(70)80(59-32-33-62-64(42-59)76(9,10)36-35-75(62,7)8)67-39-53(40-68(81)71(67)78)51-27-30-58(31-28-51)79(56-23-17-13-18-24-56)57-25-19-14-20-26-57/h12-34,37-44H,35-36,45-46H2,1-11H3. The second kappa shape index (κ2) is 18.1. The van der Waals surface area contributed by atoms with Crippen molar-refractivity contribution < 1.29 is 0 Å². The van der Waals surface area contributed by atoms with Crippen molar-refractivity contribution in [2.75, 3.05) is 14.7 Å². The third-order valence-corrected chi connectivity index (χ3v) is 21.0. The summed E-state index contributed by atoms with van der Waals surface area (Å²) in [6.07, 6.45) is 4.69. The topological polar surface area (TPSA) is 9.72 Å². The van der Waals surface area contributed by atoms with E-state index in [9.17, 15) is 0 Å². The fourth-order valence-corrected chi connectivity index (χ4v) is 16.6. The smallest absolute Gasteiger partial charge is 0.254 e. The van der Waals surface area contributed by atoms with E-state index < -0.39 is 0 Å². The largest absolute Gasteiger partial charge is 0.311 e. The fourth-order valence-electron chi connectivity index (χ4n) is 15.3. The number of rotatable bonds is 7. The van der Waals surface area contributed by atoms with E-state index in [2.05, 4.69) is 279 Å². The van der Waals surface area contributed by atoms with Gasteiger partial charge in [-0.25, -0.2) is 0 Å². The Kier molecular flexibility index (Phi) is 11.3. The zero-order valence-electron chi connectivity index (χ0n) is 49.6. The van der Waals surface area contributed by atoms with Crippen molar-refractivity contribution >= 4 is 101 Å². The SMILES string of the molecule is CC1=C2CC(C)(C2)c2cc3sc4c(c3cc21)B1c2cc(C(C)(C)C)ccc2N(c2c(C)cc(-c3ccccc3)cc2C)c2cc(-c3ccc(N(c5ccccc5)c5ccccc5)cc3)cc(c21)N4c1ccc2c(c1)C(C)(C)CCC2(C)C. The molecule has 2 bridgehead atoms. The fraction of sp³-hybridized carbons (Fsp3) is 0.247. The van der Waals surface area contributed by atoms with Crippen molar-refractivity contribution in [2.24, 2.45) is 0 Å². The first-order valence-electron chi connectivity index (χ1n) is 29.9. The molecule has 1 fully saturated rings. The van der Waals surface area contributed by atoms with Crippen molar-refractivity contribution in [3.63, 3.8) is 0 Å². The van der Waals surface area contributed by atoms with Gasteiger partial charge in [-0.15, -0.1) is 11.3 Å². The van der Waals surface area contributed by atoms with Crippen LogP contribution in [0.5, 0.6) is 0 Å². The molecule has 0 radical (unpaired) electrons. The van der Waals surface area contributed by atoms with Crippen LogP contribution in [0.4, 0.5) is 50.5 Å². The van der Waals surface area contributed by atoms with E-state index in [4.69, 9.17) is 0 Å². The average molecular weight is 1080 g/mol. The van der Waals surface area contributed by atoms with Gasteiger partial charge in [0.05, 0.1) is 10.7 Å². The molecule has 82 heavy (non-hydrogen) atoms. The van der Waals surface area contributed by atoms with E-state index in [-0.39, 0.29) is 28.4 Å². The molecule has 3 heterocycles. The maximum absolute atomic E-state index is 2.73. The Morgan fingerprint density at radius 2 is 1.07 bits per heavy atom. The average Bonchev–Trinajstić information content (AvgIpc) is 1.41. The molecule has 10 aromatic rings. The molecule has 6 aliphatic rings. The number of fused-ring (bicyclic) bond motifs is 7. The van der Waals surface area contributed by atoms with E-state index in [0.29, 0.717) is 0 Å². The summed E-state index contributed by atoms with van der Waals surface area (Å²) in [5.41, 5.74) is 31.8. The van der Waals surface area contributed by atoms with Gasteiger partial charge >= 0.3 is 0 Å². The van der Waals surface area contributed by atoms with Gasteiger partial charge in [0.15, 0.2) is 0 Å². The van der Waals surface area contributed by atoms with Crippen LogP contribution in [0.3, 0.4) is 0 Å². The van der Waals surface area contributed by atoms with E-state index in [0.717, 1.165) is 23.5 Å². The van der Waals surface area contributed by atoms with Crippen molar-refractivity contribution in [2.45, 2.75) is 124 Å². The van der Waals surface area contributed by atoms with Crippen LogP contribution < -0.4 is 31.1 Å². The number of allylic oxidation sites excluding steroid dienone is 2. The van der Waals surface area contributed by atoms with Crippen LogP contribution in [0.15, 0.2) is 194 Å². The molecule has 0 amide bonds. The lowest BCUT2D eigenvalue weighted by atomic mass is 9.33. The number of thiophene rings is 1. The molecule has 16 rings (SSSR count). The minimum Gasteiger partial charge on any atom is -0.311 e. The molecule has 0 N–H and O–H groups in total. The first-order valence-corrected chi connectivity index (χ1v) is 30.7. The van der Waals surface area contributed by atoms with Crippen LogP contribution in [0.25, 0.3) is 37.9 Å². The highest BCUT2D eigenvalue weighted by Crippen LogP contribution is 2.59. The van der Waals surface area contributed by atoms with Gasteiger partial charge in [-0.3, -0.25) is 0 Å². The Morgan fingerprint density at radius 3 is 1.71 bits per heavy atom. The molecule has 9 aromatic carbocycles. The Bertz CT molecular complexity index is 4240. The number of nitrogens with zero attached hydrogens (tertiary/aromatic N) is 3. The molecule has 0 spiro atoms. The monoisotopic (exact) mass is 1080 g/mol. The van der Waals surface area contributed by atoms with Crippen LogP contribution in [-0.2, 0) is 21.7 Å². The molecule has 0 unspecified atom stereocenters. The van der Waals surface area contributed by atoms with Gasteiger partial charge in [0, 0.05) is 49.9 Å². The number of hydrogen-bond acceptors (Lipinski definition) is 4. The second-order valence-electron chi connectivity index (χ2n) is 27.3. The second-order valence-corrected chi connectivity index (χ2v) is 28.3. The lowest BCUT2D eigenvalue weighted by molar-refractivity contribution is 0.332. The predicted octanol–water partition coefficient (Wildman–Crippen LogP) is 19.9. The number of para-hydroxylation sites is 2. The van der Waals surface area contributed by atoms with E-state index in [1.807, 2.05) is 11.3 Å². The molecule has 5 heteroatoms. The van der Waals surface area contributed by atoms with Crippen molar-refractivity contribution in [3.05, 3.63) is 233 Å². The molecule has 3 nitrogen and oxygen atoms in total. The Hall–Kier alpha value is -7.86. The minimum atomic E-state index is -0.0679. The number of aryl methyl sites for hydroxylation is 2. The van der Waals surface area contributed by atoms with Crippen LogP contribution in [0.2, 0.25) is 0 Å². The molecule has 4 aliphatic carbocycles. The Labute approximate surface area is 490 Å². The van der Waals surface area contributed by atoms with Crippen LogP contribution in [0.1, 0.15) is 127 Å². The highest BCUT2D eigenvalue weighted by molar-refractivity contribution is 7.26. The van der Waals surface area contributed by atoms with Gasteiger partial charge in [0.25, 0.3) is 6.71 Å². The maximum Gasteiger partial charge on any atom is 0.254 e. The zero-order chi connectivity index (χ0) is 56.4. The summed E-state index contributed by atoms with van der Waals surface area (Å²) in [5.74, 6) is 0. The summed E-state index contributed by atoms with van der Waals surface area (Å²) in [6, 6.07) is 72.1. The third-order valence-electron chi connectivity index (χ3n) is 19.9. The van der Waals surface area contributed by atoms with E-state index in [1.54, 1.807) is 5.57 Å². The first kappa shape index (κ1) is 51.1. The van der Waals surface area contributed by atoms with Crippen molar-refractivity contribution in [1.29, 1.82) is 0 Å². The third kappa shape index (κ3) is 7.74. The van der Waals surface area contributed by atoms with Crippen LogP contribution >= 0.6 is 11.3 Å². The van der Waals surface area contributed by atoms with Gasteiger partial charge in [-0.05, 0) is 242 Å². The van der Waals surface area contributed by atoms with Crippen molar-refractivity contribution in [1.82, 2.24) is 0 Å². The summed E-state index contributed by atoms with van der Waals surface area (Å²) >= 11 is 2.02. The summed E-state index contributed by atoms with van der Waals surface area (Å²) in [6.45, 7) is 26.6. The Balaban J connectivity index is 1.04. The van der Waals surface area contributed by atoms with Gasteiger partial charge in [-0.2, -0.15) is 0 Å². The maximum atomic E-state index is 2.73. The van der Waals surface area contributed by atoms with Crippen LogP contribution in [-0.4, -0.2) is 6.71 Å². The van der Waals surface area contributed by atoms with Gasteiger partial charge in [0.1, 0.15) is 0 Å². The number of benzene rings is 9. The normalized spacial score (nSPS) is 16.7. The molecule has 0 atom stereocenters. The molecule has 404 valence electrons. The molecule has 1 saturated carbocycles. The number of anilines is 9. The van der Waals surface area contributed by atoms with E-state index >= 15 is 0 Å².